The molecule has 0 saturated heterocycles. The summed E-state index contributed by atoms with van der Waals surface area (Å²) in [6.45, 7) is 0.370. The molecule has 0 amide bonds. The third-order valence-electron chi connectivity index (χ3n) is 4.78. The first kappa shape index (κ1) is 23.6. The van der Waals surface area contributed by atoms with Crippen LogP contribution < -0.4 is 4.57 Å². The predicted octanol–water partition coefficient (Wildman–Crippen LogP) is 5.36. The van der Waals surface area contributed by atoms with E-state index in [1.807, 2.05) is 6.07 Å². The van der Waals surface area contributed by atoms with Crippen LogP contribution in [-0.4, -0.2) is 25.2 Å². The summed E-state index contributed by atoms with van der Waals surface area (Å²) in [5, 5.41) is 3.66. The van der Waals surface area contributed by atoms with Gasteiger partial charge in [0.15, 0.2) is 16.7 Å². The van der Waals surface area contributed by atoms with Crippen LogP contribution in [0.4, 0.5) is 17.6 Å². The fourth-order valence-electron chi connectivity index (χ4n) is 3.48. The molecule has 0 radical (unpaired) electrons. The molecule has 0 spiro atoms. The third kappa shape index (κ3) is 5.05. The first-order valence-corrected chi connectivity index (χ1v) is 11.0. The highest BCUT2D eigenvalue weighted by molar-refractivity contribution is 7.86. The van der Waals surface area contributed by atoms with Crippen LogP contribution in [0.15, 0.2) is 78.9 Å². The molecule has 168 valence electrons. The largest absolute Gasteiger partial charge is 0.741 e. The Morgan fingerprint density at radius 2 is 1.28 bits per heavy atom. The molecule has 0 atom stereocenters. The fourth-order valence-corrected chi connectivity index (χ4v) is 3.48. The molecule has 4 nitrogen and oxygen atoms in total. The van der Waals surface area contributed by atoms with E-state index in [0.29, 0.717) is 13.0 Å². The molecule has 0 fully saturated rings. The lowest BCUT2D eigenvalue weighted by Crippen LogP contribution is -2.38. The van der Waals surface area contributed by atoms with Crippen LogP contribution in [0, 0.1) is 0 Å². The van der Waals surface area contributed by atoms with Crippen LogP contribution in [0.2, 0.25) is 0 Å². The molecule has 0 aliphatic heterocycles. The van der Waals surface area contributed by atoms with Gasteiger partial charge in [-0.1, -0.05) is 48.5 Å². The summed E-state index contributed by atoms with van der Waals surface area (Å²) in [4.78, 5) is 0. The van der Waals surface area contributed by atoms with Crippen LogP contribution >= 0.6 is 0 Å². The lowest BCUT2D eigenvalue weighted by atomic mass is 9.99. The molecule has 9 heteroatoms. The van der Waals surface area contributed by atoms with Gasteiger partial charge >= 0.3 is 5.51 Å². The molecule has 3 aromatic carbocycles. The average molecular weight is 465 g/mol. The Kier molecular flexibility index (Phi) is 7.10. The monoisotopic (exact) mass is 465 g/mol. The zero-order chi connectivity index (χ0) is 23.4. The predicted molar refractivity (Wildman–Crippen MR) is 113 cm³/mol. The highest BCUT2D eigenvalue weighted by Crippen LogP contribution is 2.31. The molecule has 4 rings (SSSR count). The van der Waals surface area contributed by atoms with E-state index >= 15 is 0 Å². The number of hydrogen-bond acceptors (Lipinski definition) is 3. The highest BCUT2D eigenvalue weighted by Gasteiger charge is 2.36. The number of aromatic nitrogens is 1. The second-order valence-corrected chi connectivity index (χ2v) is 8.24. The number of aryl methyl sites for hydroxylation is 1. The van der Waals surface area contributed by atoms with E-state index in [9.17, 15) is 17.6 Å². The van der Waals surface area contributed by atoms with Gasteiger partial charge in [-0.2, -0.15) is 17.7 Å². The van der Waals surface area contributed by atoms with Crippen molar-refractivity contribution in [2.75, 3.05) is 6.67 Å². The second-order valence-electron chi connectivity index (χ2n) is 6.87. The zero-order valence-electron chi connectivity index (χ0n) is 16.7. The molecule has 0 saturated carbocycles. The van der Waals surface area contributed by atoms with Gasteiger partial charge in [0.1, 0.15) is 0 Å². The number of halogens is 4. The summed E-state index contributed by atoms with van der Waals surface area (Å²) < 4.78 is 74.1. The van der Waals surface area contributed by atoms with Gasteiger partial charge in [-0.05, 0) is 24.3 Å². The number of rotatable bonds is 4. The Balaban J connectivity index is 0.000000312. The van der Waals surface area contributed by atoms with Crippen molar-refractivity contribution in [3.05, 3.63) is 78.9 Å². The summed E-state index contributed by atoms with van der Waals surface area (Å²) >= 11 is 0. The molecule has 32 heavy (non-hydrogen) atoms. The van der Waals surface area contributed by atoms with Crippen molar-refractivity contribution in [2.45, 2.75) is 18.5 Å². The molecule has 0 bridgehead atoms. The van der Waals surface area contributed by atoms with Gasteiger partial charge in [-0.25, -0.2) is 8.42 Å². The molecule has 1 heterocycles. The van der Waals surface area contributed by atoms with Crippen molar-refractivity contribution in [2.24, 2.45) is 0 Å². The van der Waals surface area contributed by atoms with E-state index in [4.69, 9.17) is 13.0 Å². The maximum atomic E-state index is 12.9. The van der Waals surface area contributed by atoms with E-state index in [-0.39, 0.29) is 6.67 Å². The quantitative estimate of drug-likeness (QED) is 0.134. The Labute approximate surface area is 182 Å². The molecule has 0 N–H and O–H groups in total. The van der Waals surface area contributed by atoms with Crippen molar-refractivity contribution >= 4 is 31.8 Å². The van der Waals surface area contributed by atoms with Crippen molar-refractivity contribution in [3.8, 4) is 11.3 Å². The van der Waals surface area contributed by atoms with Crippen LogP contribution in [0.5, 0.6) is 0 Å². The van der Waals surface area contributed by atoms with Gasteiger partial charge in [-0.15, -0.1) is 0 Å². The normalized spacial score (nSPS) is 11.9. The molecule has 1 aromatic heterocycles. The van der Waals surface area contributed by atoms with E-state index in [0.717, 1.165) is 5.52 Å². The number of alkyl halides is 4. The van der Waals surface area contributed by atoms with Crippen molar-refractivity contribution in [1.29, 1.82) is 0 Å². The number of pyridine rings is 1. The summed E-state index contributed by atoms with van der Waals surface area (Å²) in [5.74, 6) is 0. The number of fused-ring (bicyclic) bond motifs is 3. The second kappa shape index (κ2) is 9.62. The lowest BCUT2D eigenvalue weighted by molar-refractivity contribution is -0.659. The van der Waals surface area contributed by atoms with Crippen molar-refractivity contribution < 1.29 is 35.1 Å². The lowest BCUT2D eigenvalue weighted by Gasteiger charge is -2.11. The van der Waals surface area contributed by atoms with E-state index in [1.54, 1.807) is 0 Å². The van der Waals surface area contributed by atoms with Crippen LogP contribution in [0.3, 0.4) is 0 Å². The molecular weight excluding hydrogens is 446 g/mol. The maximum Gasteiger partial charge on any atom is 0.485 e. The minimum absolute atomic E-state index is 0.303. The number of benzene rings is 3. The summed E-state index contributed by atoms with van der Waals surface area (Å²) in [6, 6.07) is 27.3. The average Bonchev–Trinajstić information content (AvgIpc) is 2.77. The van der Waals surface area contributed by atoms with Crippen molar-refractivity contribution in [1.82, 2.24) is 0 Å². The Morgan fingerprint density at radius 1 is 0.781 bits per heavy atom. The molecule has 0 unspecified atom stereocenters. The van der Waals surface area contributed by atoms with Crippen LogP contribution in [0.1, 0.15) is 6.42 Å². The smallest absolute Gasteiger partial charge is 0.485 e. The first-order valence-electron chi connectivity index (χ1n) is 9.62. The minimum atomic E-state index is -6.09. The Bertz CT molecular complexity index is 1320. The summed E-state index contributed by atoms with van der Waals surface area (Å²) in [7, 11) is -6.09. The van der Waals surface area contributed by atoms with Gasteiger partial charge in [-0.3, -0.25) is 4.39 Å². The molecule has 0 aliphatic rings. The van der Waals surface area contributed by atoms with Crippen LogP contribution in [-0.2, 0) is 16.7 Å². The maximum absolute atomic E-state index is 12.9. The van der Waals surface area contributed by atoms with E-state index in [1.165, 1.54) is 27.4 Å². The van der Waals surface area contributed by atoms with Crippen LogP contribution in [0.25, 0.3) is 32.9 Å². The minimum Gasteiger partial charge on any atom is -0.741 e. The molecular formula is C23H19F4NO3S. The summed E-state index contributed by atoms with van der Waals surface area (Å²) in [5.41, 5.74) is -2.16. The number of hydrogen-bond donors (Lipinski definition) is 0. The van der Waals surface area contributed by atoms with E-state index < -0.39 is 15.6 Å². The first-order chi connectivity index (χ1) is 15.1. The summed E-state index contributed by atoms with van der Waals surface area (Å²) in [6.07, 6.45) is 0.521. The van der Waals surface area contributed by atoms with Gasteiger partial charge in [0.05, 0.1) is 17.4 Å². The van der Waals surface area contributed by atoms with Gasteiger partial charge in [0, 0.05) is 23.4 Å². The standard InChI is InChI=1S/C22H19FN.CHF3O3S/c23-15-8-16-24-21-14-7-6-12-19(21)18-11-4-5-13-20(18)22(24)17-9-2-1-3-10-17;2-1(3,4)8(5,6)7/h1-7,9-14H,8,15-16H2;(H,5,6,7)/q+1;/p-1. The van der Waals surface area contributed by atoms with Gasteiger partial charge in [0.2, 0.25) is 11.2 Å². The Hall–Kier alpha value is -3.04. The SMILES string of the molecule is FCCC[n+]1c(-c2ccccc2)c2ccccc2c2ccccc21.O=S(=O)([O-])C(F)(F)F. The fraction of sp³-hybridized carbons (Fsp3) is 0.174. The number of nitrogens with zero attached hydrogens (tertiary/aromatic N) is 1. The Morgan fingerprint density at radius 3 is 1.84 bits per heavy atom. The third-order valence-corrected chi connectivity index (χ3v) is 5.35. The van der Waals surface area contributed by atoms with Crippen molar-refractivity contribution in [3.63, 3.8) is 0 Å². The topological polar surface area (TPSA) is 61.1 Å². The highest BCUT2D eigenvalue weighted by atomic mass is 32.2. The van der Waals surface area contributed by atoms with Gasteiger partial charge < -0.3 is 4.55 Å². The molecule has 4 aromatic rings. The van der Waals surface area contributed by atoms with E-state index in [2.05, 4.69) is 77.4 Å². The number of para-hydroxylation sites is 1. The van der Waals surface area contributed by atoms with Gasteiger partial charge in [0.25, 0.3) is 0 Å². The molecule has 0 aliphatic carbocycles. The zero-order valence-corrected chi connectivity index (χ0v) is 17.5.